The van der Waals surface area contributed by atoms with Crippen molar-refractivity contribution >= 4 is 22.9 Å². The van der Waals surface area contributed by atoms with E-state index in [2.05, 4.69) is 53.8 Å². The first-order valence-electron chi connectivity index (χ1n) is 8.52. The molecule has 0 unspecified atom stereocenters. The minimum Gasteiger partial charge on any atom is -0.436 e. The minimum absolute atomic E-state index is 0.256. The second-order valence-electron chi connectivity index (χ2n) is 6.12. The molecule has 1 aliphatic carbocycles. The molecule has 0 saturated heterocycles. The molecule has 0 saturated carbocycles. The number of alkyl carbamates (subject to hydrolysis) is 1. The van der Waals surface area contributed by atoms with Crippen LogP contribution in [0.2, 0.25) is 0 Å². The third kappa shape index (κ3) is 3.81. The van der Waals surface area contributed by atoms with Crippen molar-refractivity contribution in [3.05, 3.63) is 71.8 Å². The van der Waals surface area contributed by atoms with Crippen LogP contribution in [0.1, 0.15) is 29.9 Å². The zero-order valence-electron chi connectivity index (χ0n) is 14.4. The Balaban J connectivity index is 1.70. The number of halogens is 1. The van der Waals surface area contributed by atoms with E-state index in [-0.39, 0.29) is 12.3 Å². The van der Waals surface area contributed by atoms with Crippen LogP contribution in [-0.2, 0) is 9.53 Å². The van der Waals surface area contributed by atoms with Gasteiger partial charge >= 0.3 is 6.09 Å². The first-order valence-corrected chi connectivity index (χ1v) is 8.90. The molecular formula is C21H20ClNO3. The first-order chi connectivity index (χ1) is 12.6. The highest BCUT2D eigenvalue weighted by Gasteiger charge is 2.26. The quantitative estimate of drug-likeness (QED) is 0.596. The number of hydrogen-bond acceptors (Lipinski definition) is 3. The van der Waals surface area contributed by atoms with Gasteiger partial charge in [0.15, 0.2) is 6.10 Å². The number of benzene rings is 2. The predicted octanol–water partition coefficient (Wildman–Crippen LogP) is 4.63. The molecule has 0 heterocycles. The molecule has 1 N–H and O–H groups in total. The van der Waals surface area contributed by atoms with Gasteiger partial charge in [-0.25, -0.2) is 4.79 Å². The Bertz CT molecular complexity index is 801. The summed E-state index contributed by atoms with van der Waals surface area (Å²) in [4.78, 5) is 22.7. The molecule has 1 amide bonds. The summed E-state index contributed by atoms with van der Waals surface area (Å²) < 4.78 is 4.96. The molecule has 2 aromatic rings. The number of nitrogens with one attached hydrogen (secondary N) is 1. The van der Waals surface area contributed by atoms with Gasteiger partial charge in [0.05, 0.1) is 0 Å². The van der Waals surface area contributed by atoms with Crippen molar-refractivity contribution in [2.45, 2.75) is 24.9 Å². The van der Waals surface area contributed by atoms with Crippen molar-refractivity contribution in [2.24, 2.45) is 0 Å². The summed E-state index contributed by atoms with van der Waals surface area (Å²) in [6.07, 6.45) is 3.27. The van der Waals surface area contributed by atoms with Crippen molar-refractivity contribution < 1.29 is 14.3 Å². The van der Waals surface area contributed by atoms with E-state index in [0.717, 1.165) is 6.42 Å². The lowest BCUT2D eigenvalue weighted by Crippen LogP contribution is -2.29. The minimum atomic E-state index is -0.976. The summed E-state index contributed by atoms with van der Waals surface area (Å²) in [5.41, 5.74) is 5.17. The van der Waals surface area contributed by atoms with Crippen molar-refractivity contribution in [3.8, 4) is 11.1 Å². The Kier molecular flexibility index (Phi) is 5.74. The van der Waals surface area contributed by atoms with Gasteiger partial charge in [0.2, 0.25) is 0 Å². The van der Waals surface area contributed by atoms with E-state index >= 15 is 0 Å². The number of ether oxygens (including phenoxy) is 1. The van der Waals surface area contributed by atoms with Crippen LogP contribution in [0.25, 0.3) is 11.1 Å². The van der Waals surface area contributed by atoms with Crippen LogP contribution in [0.5, 0.6) is 0 Å². The first kappa shape index (κ1) is 18.2. The number of carbonyl (C=O) groups is 2. The van der Waals surface area contributed by atoms with E-state index in [1.165, 1.54) is 29.3 Å². The Labute approximate surface area is 157 Å². The van der Waals surface area contributed by atoms with Crippen LogP contribution in [0.3, 0.4) is 0 Å². The molecule has 4 nitrogen and oxygen atoms in total. The fourth-order valence-corrected chi connectivity index (χ4v) is 3.47. The van der Waals surface area contributed by atoms with Gasteiger partial charge in [-0.05, 0) is 40.3 Å². The summed E-state index contributed by atoms with van der Waals surface area (Å²) in [6, 6.07) is 16.8. The monoisotopic (exact) mass is 369 g/mol. The van der Waals surface area contributed by atoms with Gasteiger partial charge in [-0.2, -0.15) is 0 Å². The van der Waals surface area contributed by atoms with Crippen LogP contribution in [0.4, 0.5) is 4.79 Å². The SMILES string of the molecule is CNC(=O)O[C@@H](CC=CCC1c2ccccc2-c2ccccc21)C(=O)Cl. The number of hydrogen-bond donors (Lipinski definition) is 1. The molecule has 2 aromatic carbocycles. The smallest absolute Gasteiger partial charge is 0.407 e. The standard InChI is InChI=1S/C21H20ClNO3/c1-23-21(25)26-19(20(22)24)13-7-6-12-18-16-10-4-2-8-14(16)15-9-3-5-11-17(15)18/h2-11,18-19H,12-13H2,1H3,(H,23,25)/t19-/m0/s1. The van der Waals surface area contributed by atoms with Crippen molar-refractivity contribution in [1.82, 2.24) is 5.32 Å². The predicted molar refractivity (Wildman–Crippen MR) is 102 cm³/mol. The average molecular weight is 370 g/mol. The van der Waals surface area contributed by atoms with Crippen molar-refractivity contribution in [1.29, 1.82) is 0 Å². The van der Waals surface area contributed by atoms with E-state index in [4.69, 9.17) is 16.3 Å². The number of allylic oxidation sites excluding steroid dienone is 1. The lowest BCUT2D eigenvalue weighted by molar-refractivity contribution is -0.119. The van der Waals surface area contributed by atoms with Crippen molar-refractivity contribution in [3.63, 3.8) is 0 Å². The maximum absolute atomic E-state index is 11.4. The maximum Gasteiger partial charge on any atom is 0.407 e. The molecule has 0 aromatic heterocycles. The van der Waals surface area contributed by atoms with Crippen LogP contribution in [-0.4, -0.2) is 24.5 Å². The molecule has 1 atom stereocenters. The third-order valence-corrected chi connectivity index (χ3v) is 4.80. The van der Waals surface area contributed by atoms with Gasteiger partial charge < -0.3 is 10.1 Å². The van der Waals surface area contributed by atoms with Gasteiger partial charge in [-0.3, -0.25) is 4.79 Å². The molecule has 1 aliphatic rings. The number of carbonyl (C=O) groups excluding carboxylic acids is 2. The van der Waals surface area contributed by atoms with E-state index in [0.29, 0.717) is 0 Å². The molecule has 3 rings (SSSR count). The fourth-order valence-electron chi connectivity index (χ4n) is 3.34. The van der Waals surface area contributed by atoms with Crippen molar-refractivity contribution in [2.75, 3.05) is 7.05 Å². The molecule has 134 valence electrons. The van der Waals surface area contributed by atoms with E-state index in [9.17, 15) is 9.59 Å². The van der Waals surface area contributed by atoms with E-state index in [1.807, 2.05) is 12.2 Å². The second kappa shape index (κ2) is 8.19. The summed E-state index contributed by atoms with van der Waals surface area (Å²) in [5, 5.41) is 1.63. The van der Waals surface area contributed by atoms with Crippen LogP contribution >= 0.6 is 11.6 Å². The third-order valence-electron chi connectivity index (χ3n) is 4.56. The number of amides is 1. The van der Waals surface area contributed by atoms with E-state index in [1.54, 1.807) is 0 Å². The summed E-state index contributed by atoms with van der Waals surface area (Å²) >= 11 is 5.51. The lowest BCUT2D eigenvalue weighted by atomic mass is 9.93. The summed E-state index contributed by atoms with van der Waals surface area (Å²) in [5.74, 6) is 0.281. The van der Waals surface area contributed by atoms with Crippen LogP contribution in [0.15, 0.2) is 60.7 Å². The number of rotatable bonds is 6. The Morgan fingerprint density at radius 3 is 2.19 bits per heavy atom. The summed E-state index contributed by atoms with van der Waals surface area (Å²) in [6.45, 7) is 0. The van der Waals surface area contributed by atoms with Gasteiger partial charge in [0, 0.05) is 19.4 Å². The van der Waals surface area contributed by atoms with Gasteiger partial charge in [-0.15, -0.1) is 0 Å². The van der Waals surface area contributed by atoms with E-state index < -0.39 is 17.4 Å². The molecule has 5 heteroatoms. The molecule has 0 bridgehead atoms. The summed E-state index contributed by atoms with van der Waals surface area (Å²) in [7, 11) is 1.43. The lowest BCUT2D eigenvalue weighted by Gasteiger charge is -2.12. The highest BCUT2D eigenvalue weighted by atomic mass is 35.5. The van der Waals surface area contributed by atoms with Crippen LogP contribution < -0.4 is 5.32 Å². The fraction of sp³-hybridized carbons (Fsp3) is 0.238. The topological polar surface area (TPSA) is 55.4 Å². The Morgan fingerprint density at radius 2 is 1.65 bits per heavy atom. The highest BCUT2D eigenvalue weighted by molar-refractivity contribution is 6.64. The van der Waals surface area contributed by atoms with Gasteiger partial charge in [0.1, 0.15) is 0 Å². The zero-order valence-corrected chi connectivity index (χ0v) is 15.2. The van der Waals surface area contributed by atoms with Gasteiger partial charge in [-0.1, -0.05) is 60.7 Å². The maximum atomic E-state index is 11.4. The normalized spacial score (nSPS) is 13.9. The molecule has 0 radical (unpaired) electrons. The highest BCUT2D eigenvalue weighted by Crippen LogP contribution is 2.46. The molecule has 26 heavy (non-hydrogen) atoms. The average Bonchev–Trinajstić information content (AvgIpc) is 2.98. The van der Waals surface area contributed by atoms with Crippen LogP contribution in [0, 0.1) is 0 Å². The zero-order chi connectivity index (χ0) is 18.5. The molecule has 0 fully saturated rings. The second-order valence-corrected chi connectivity index (χ2v) is 6.49. The Morgan fingerprint density at radius 1 is 1.08 bits per heavy atom. The Hall–Kier alpha value is -2.59. The number of fused-ring (bicyclic) bond motifs is 3. The largest absolute Gasteiger partial charge is 0.436 e. The molecule has 0 spiro atoms. The molecule has 0 aliphatic heterocycles. The molecular weight excluding hydrogens is 350 g/mol. The van der Waals surface area contributed by atoms with Gasteiger partial charge in [0.25, 0.3) is 5.24 Å².